The molecule has 1 aliphatic rings. The van der Waals surface area contributed by atoms with E-state index in [2.05, 4.69) is 10.0 Å². The maximum absolute atomic E-state index is 14.7. The number of anilines is 1. The Bertz CT molecular complexity index is 977. The number of halogens is 2. The number of fused-ring (bicyclic) bond motifs is 1. The summed E-state index contributed by atoms with van der Waals surface area (Å²) in [6, 6.07) is 7.45. The highest BCUT2D eigenvalue weighted by Gasteiger charge is 2.25. The van der Waals surface area contributed by atoms with Gasteiger partial charge in [0.05, 0.1) is 10.7 Å². The summed E-state index contributed by atoms with van der Waals surface area (Å²) in [6.45, 7) is 2.30. The molecule has 26 heavy (non-hydrogen) atoms. The van der Waals surface area contributed by atoms with Gasteiger partial charge in [-0.2, -0.15) is 0 Å². The van der Waals surface area contributed by atoms with Crippen LogP contribution in [0.5, 0.6) is 0 Å². The number of hydrogen-bond acceptors (Lipinski definition) is 3. The third kappa shape index (κ3) is 3.54. The van der Waals surface area contributed by atoms with Crippen molar-refractivity contribution in [1.29, 1.82) is 0 Å². The molecule has 2 aromatic rings. The lowest BCUT2D eigenvalue weighted by Gasteiger charge is -2.19. The number of amides is 1. The molecule has 0 aromatic heterocycles. The zero-order valence-corrected chi connectivity index (χ0v) is 15.7. The summed E-state index contributed by atoms with van der Waals surface area (Å²) in [5.74, 6) is -1.10. The highest BCUT2D eigenvalue weighted by atomic mass is 35.5. The van der Waals surface area contributed by atoms with Crippen LogP contribution in [0.3, 0.4) is 0 Å². The Kier molecular flexibility index (Phi) is 5.20. The molecule has 0 aliphatic carbocycles. The van der Waals surface area contributed by atoms with E-state index in [0.29, 0.717) is 19.4 Å². The Morgan fingerprint density at radius 2 is 2.04 bits per heavy atom. The lowest BCUT2D eigenvalue weighted by molar-refractivity contribution is 0.0945. The summed E-state index contributed by atoms with van der Waals surface area (Å²) in [7, 11) is -4.07. The van der Waals surface area contributed by atoms with Crippen LogP contribution >= 0.6 is 11.6 Å². The molecule has 0 unspecified atom stereocenters. The topological polar surface area (TPSA) is 75.3 Å². The molecule has 138 valence electrons. The maximum atomic E-state index is 14.7. The Morgan fingerprint density at radius 1 is 1.27 bits per heavy atom. The van der Waals surface area contributed by atoms with E-state index in [9.17, 15) is 17.6 Å². The van der Waals surface area contributed by atoms with Crippen LogP contribution in [0.15, 0.2) is 35.2 Å². The van der Waals surface area contributed by atoms with Gasteiger partial charge in [0.1, 0.15) is 4.90 Å². The van der Waals surface area contributed by atoms with Gasteiger partial charge >= 0.3 is 0 Å². The first-order chi connectivity index (χ1) is 12.3. The van der Waals surface area contributed by atoms with E-state index in [1.165, 1.54) is 24.3 Å². The monoisotopic (exact) mass is 396 g/mol. The van der Waals surface area contributed by atoms with E-state index < -0.39 is 15.8 Å². The van der Waals surface area contributed by atoms with Gasteiger partial charge in [-0.15, -0.1) is 0 Å². The number of sulfonamides is 1. The van der Waals surface area contributed by atoms with E-state index in [1.54, 1.807) is 6.07 Å². The SMILES string of the molecule is CCCc1ccc(Cl)c(S(=O)(=O)Nc2ccc3c(c2F)CCNC3=O)c1. The molecule has 0 saturated carbocycles. The van der Waals surface area contributed by atoms with Crippen LogP contribution in [-0.2, 0) is 22.9 Å². The van der Waals surface area contributed by atoms with Crippen molar-refractivity contribution in [2.75, 3.05) is 11.3 Å². The van der Waals surface area contributed by atoms with Gasteiger partial charge in [0.15, 0.2) is 5.82 Å². The number of carbonyl (C=O) groups excluding carboxylic acids is 1. The summed E-state index contributed by atoms with van der Waals surface area (Å²) < 4.78 is 42.4. The van der Waals surface area contributed by atoms with Crippen LogP contribution < -0.4 is 10.0 Å². The molecule has 0 bridgehead atoms. The highest BCUT2D eigenvalue weighted by Crippen LogP contribution is 2.29. The summed E-state index contributed by atoms with van der Waals surface area (Å²) >= 11 is 6.06. The molecule has 2 aromatic carbocycles. The standard InChI is InChI=1S/C18H18ClFN2O3S/c1-2-3-11-4-6-14(19)16(10-11)26(24,25)22-15-7-5-13-12(17(15)20)8-9-21-18(13)23/h4-7,10,22H,2-3,8-9H2,1H3,(H,21,23). The number of hydrogen-bond donors (Lipinski definition) is 2. The van der Waals surface area contributed by atoms with Gasteiger partial charge in [-0.3, -0.25) is 9.52 Å². The normalized spacial score (nSPS) is 13.9. The first-order valence-corrected chi connectivity index (χ1v) is 10.1. The van der Waals surface area contributed by atoms with Gasteiger partial charge in [0.25, 0.3) is 15.9 Å². The van der Waals surface area contributed by atoms with Gasteiger partial charge in [-0.1, -0.05) is 31.0 Å². The smallest absolute Gasteiger partial charge is 0.263 e. The number of benzene rings is 2. The Hall–Kier alpha value is -2.12. The van der Waals surface area contributed by atoms with Gasteiger partial charge in [0, 0.05) is 17.7 Å². The van der Waals surface area contributed by atoms with Crippen molar-refractivity contribution >= 4 is 33.2 Å². The molecule has 3 rings (SSSR count). The summed E-state index contributed by atoms with van der Waals surface area (Å²) in [4.78, 5) is 11.7. The molecule has 5 nitrogen and oxygen atoms in total. The van der Waals surface area contributed by atoms with E-state index in [-0.39, 0.29) is 32.6 Å². The Balaban J connectivity index is 1.98. The zero-order chi connectivity index (χ0) is 18.9. The minimum atomic E-state index is -4.07. The maximum Gasteiger partial charge on any atom is 0.263 e. The minimum absolute atomic E-state index is 0.0649. The van der Waals surface area contributed by atoms with E-state index in [4.69, 9.17) is 11.6 Å². The fourth-order valence-corrected chi connectivity index (χ4v) is 4.56. The van der Waals surface area contributed by atoms with Crippen molar-refractivity contribution in [3.8, 4) is 0 Å². The zero-order valence-electron chi connectivity index (χ0n) is 14.1. The van der Waals surface area contributed by atoms with Gasteiger partial charge in [-0.25, -0.2) is 12.8 Å². The third-order valence-electron chi connectivity index (χ3n) is 4.22. The molecule has 0 radical (unpaired) electrons. The van der Waals surface area contributed by atoms with Crippen molar-refractivity contribution in [3.63, 3.8) is 0 Å². The second kappa shape index (κ2) is 7.25. The van der Waals surface area contributed by atoms with Crippen LogP contribution in [0.25, 0.3) is 0 Å². The molecule has 1 amide bonds. The Morgan fingerprint density at radius 3 is 2.77 bits per heavy atom. The molecule has 1 heterocycles. The number of nitrogens with one attached hydrogen (secondary N) is 2. The number of carbonyl (C=O) groups is 1. The molecule has 1 aliphatic heterocycles. The van der Waals surface area contributed by atoms with Gasteiger partial charge in [-0.05, 0) is 42.7 Å². The quantitative estimate of drug-likeness (QED) is 0.811. The van der Waals surface area contributed by atoms with E-state index in [0.717, 1.165) is 12.0 Å². The molecule has 0 saturated heterocycles. The van der Waals surface area contributed by atoms with Crippen LogP contribution in [0.4, 0.5) is 10.1 Å². The number of aryl methyl sites for hydroxylation is 1. The molecule has 8 heteroatoms. The number of rotatable bonds is 5. The molecule has 0 spiro atoms. The fraction of sp³-hybridized carbons (Fsp3) is 0.278. The van der Waals surface area contributed by atoms with Crippen LogP contribution in [0.2, 0.25) is 5.02 Å². The first-order valence-electron chi connectivity index (χ1n) is 8.24. The second-order valence-electron chi connectivity index (χ2n) is 6.08. The van der Waals surface area contributed by atoms with Crippen molar-refractivity contribution < 1.29 is 17.6 Å². The second-order valence-corrected chi connectivity index (χ2v) is 8.14. The molecular weight excluding hydrogens is 379 g/mol. The lowest BCUT2D eigenvalue weighted by Crippen LogP contribution is -2.32. The van der Waals surface area contributed by atoms with Crippen LogP contribution in [-0.4, -0.2) is 20.9 Å². The van der Waals surface area contributed by atoms with Crippen molar-refractivity contribution in [2.24, 2.45) is 0 Å². The van der Waals surface area contributed by atoms with Crippen molar-refractivity contribution in [1.82, 2.24) is 5.32 Å². The molecular formula is C18H18ClFN2O3S. The Labute approximate surface area is 156 Å². The van der Waals surface area contributed by atoms with Crippen LogP contribution in [0, 0.1) is 5.82 Å². The van der Waals surface area contributed by atoms with Gasteiger partial charge in [0.2, 0.25) is 0 Å². The van der Waals surface area contributed by atoms with Crippen molar-refractivity contribution in [3.05, 3.63) is 57.9 Å². The largest absolute Gasteiger partial charge is 0.352 e. The average molecular weight is 397 g/mol. The average Bonchev–Trinajstić information content (AvgIpc) is 2.59. The fourth-order valence-electron chi connectivity index (χ4n) is 2.95. The summed E-state index contributed by atoms with van der Waals surface area (Å²) in [6.07, 6.45) is 1.87. The lowest BCUT2D eigenvalue weighted by atomic mass is 9.99. The third-order valence-corrected chi connectivity index (χ3v) is 6.06. The predicted molar refractivity (Wildman–Crippen MR) is 98.7 cm³/mol. The van der Waals surface area contributed by atoms with E-state index >= 15 is 0 Å². The molecule has 0 fully saturated rings. The minimum Gasteiger partial charge on any atom is -0.352 e. The molecule has 0 atom stereocenters. The van der Waals surface area contributed by atoms with Gasteiger partial charge < -0.3 is 5.32 Å². The highest BCUT2D eigenvalue weighted by molar-refractivity contribution is 7.92. The van der Waals surface area contributed by atoms with Crippen LogP contribution in [0.1, 0.15) is 34.8 Å². The summed E-state index contributed by atoms with van der Waals surface area (Å²) in [5.41, 5.74) is 1.06. The summed E-state index contributed by atoms with van der Waals surface area (Å²) in [5, 5.41) is 2.69. The van der Waals surface area contributed by atoms with Crippen molar-refractivity contribution in [2.45, 2.75) is 31.1 Å². The predicted octanol–water partition coefficient (Wildman–Crippen LogP) is 3.52. The molecule has 2 N–H and O–H groups in total. The first kappa shape index (κ1) is 18.7. The van der Waals surface area contributed by atoms with E-state index in [1.807, 2.05) is 6.92 Å².